The highest BCUT2D eigenvalue weighted by molar-refractivity contribution is 7.99. The van der Waals surface area contributed by atoms with Crippen molar-refractivity contribution >= 4 is 11.8 Å². The maximum Gasteiger partial charge on any atom is 0.123 e. The van der Waals surface area contributed by atoms with Gasteiger partial charge in [0.15, 0.2) is 0 Å². The van der Waals surface area contributed by atoms with Gasteiger partial charge in [-0.25, -0.2) is 4.39 Å². The molecule has 1 N–H and O–H groups in total. The second-order valence-corrected chi connectivity index (χ2v) is 6.45. The molecule has 0 radical (unpaired) electrons. The molecule has 1 fully saturated rings. The van der Waals surface area contributed by atoms with Crippen LogP contribution < -0.4 is 0 Å². The van der Waals surface area contributed by atoms with Crippen LogP contribution in [0.1, 0.15) is 32.6 Å². The van der Waals surface area contributed by atoms with Crippen LogP contribution in [0.4, 0.5) is 4.39 Å². The smallest absolute Gasteiger partial charge is 0.123 e. The predicted octanol–water partition coefficient (Wildman–Crippen LogP) is 4.11. The Kier molecular flexibility index (Phi) is 5.07. The van der Waals surface area contributed by atoms with Crippen LogP contribution in [-0.4, -0.2) is 17.0 Å². The average molecular weight is 268 g/mol. The van der Waals surface area contributed by atoms with Gasteiger partial charge < -0.3 is 5.11 Å². The number of halogens is 1. The van der Waals surface area contributed by atoms with Gasteiger partial charge >= 0.3 is 0 Å². The first-order chi connectivity index (χ1) is 8.65. The Hall–Kier alpha value is -0.540. The topological polar surface area (TPSA) is 20.2 Å². The van der Waals surface area contributed by atoms with Crippen molar-refractivity contribution < 1.29 is 9.50 Å². The molecule has 1 aliphatic carbocycles. The predicted molar refractivity (Wildman–Crippen MR) is 74.3 cm³/mol. The van der Waals surface area contributed by atoms with Crippen LogP contribution in [0, 0.1) is 17.7 Å². The van der Waals surface area contributed by atoms with E-state index in [1.54, 1.807) is 23.9 Å². The van der Waals surface area contributed by atoms with Crippen LogP contribution >= 0.6 is 11.8 Å². The highest BCUT2D eigenvalue weighted by Gasteiger charge is 2.24. The molecule has 1 aromatic carbocycles. The molecule has 3 heteroatoms. The molecule has 0 aromatic heterocycles. The number of thioether (sulfide) groups is 1. The Morgan fingerprint density at radius 3 is 2.44 bits per heavy atom. The number of rotatable bonds is 4. The van der Waals surface area contributed by atoms with E-state index in [-0.39, 0.29) is 11.9 Å². The summed E-state index contributed by atoms with van der Waals surface area (Å²) in [5.41, 5.74) is 0. The number of aliphatic hydroxyl groups is 1. The third-order valence-electron chi connectivity index (χ3n) is 3.84. The van der Waals surface area contributed by atoms with Gasteiger partial charge in [0, 0.05) is 10.6 Å². The molecule has 0 saturated heterocycles. The van der Waals surface area contributed by atoms with Crippen molar-refractivity contribution in [3.8, 4) is 0 Å². The molecule has 1 nitrogen and oxygen atoms in total. The lowest BCUT2D eigenvalue weighted by molar-refractivity contribution is 0.0946. The molecule has 0 aliphatic heterocycles. The van der Waals surface area contributed by atoms with Crippen molar-refractivity contribution in [3.05, 3.63) is 30.1 Å². The zero-order valence-corrected chi connectivity index (χ0v) is 11.6. The van der Waals surface area contributed by atoms with Crippen LogP contribution in [0.25, 0.3) is 0 Å². The summed E-state index contributed by atoms with van der Waals surface area (Å²) in [5.74, 6) is 1.78. The number of aliphatic hydroxyl groups excluding tert-OH is 1. The highest BCUT2D eigenvalue weighted by Crippen LogP contribution is 2.32. The molecule has 1 aromatic rings. The number of hydrogen-bond acceptors (Lipinski definition) is 2. The standard InChI is InChI=1S/C15H21FOS/c1-11-2-4-12(5-3-11)15(17)10-18-14-8-6-13(16)7-9-14/h6-9,11-12,15,17H,2-5,10H2,1H3. The van der Waals surface area contributed by atoms with Crippen LogP contribution in [0.3, 0.4) is 0 Å². The van der Waals surface area contributed by atoms with Crippen molar-refractivity contribution in [2.24, 2.45) is 11.8 Å². The average Bonchev–Trinajstić information content (AvgIpc) is 2.38. The first kappa shape index (κ1) is 13.9. The van der Waals surface area contributed by atoms with E-state index in [2.05, 4.69) is 6.92 Å². The quantitative estimate of drug-likeness (QED) is 0.829. The highest BCUT2D eigenvalue weighted by atomic mass is 32.2. The van der Waals surface area contributed by atoms with E-state index >= 15 is 0 Å². The molecule has 1 atom stereocenters. The lowest BCUT2D eigenvalue weighted by Gasteiger charge is -2.29. The molecule has 18 heavy (non-hydrogen) atoms. The second kappa shape index (κ2) is 6.58. The number of hydrogen-bond donors (Lipinski definition) is 1. The summed E-state index contributed by atoms with van der Waals surface area (Å²) in [6.45, 7) is 2.29. The van der Waals surface area contributed by atoms with Crippen molar-refractivity contribution in [1.29, 1.82) is 0 Å². The first-order valence-corrected chi connectivity index (χ1v) is 7.70. The third-order valence-corrected chi connectivity index (χ3v) is 4.95. The Balaban J connectivity index is 1.77. The monoisotopic (exact) mass is 268 g/mol. The van der Waals surface area contributed by atoms with Crippen LogP contribution in [0.2, 0.25) is 0 Å². The summed E-state index contributed by atoms with van der Waals surface area (Å²) in [6, 6.07) is 6.49. The van der Waals surface area contributed by atoms with E-state index in [0.717, 1.165) is 23.7 Å². The molecule has 0 spiro atoms. The minimum Gasteiger partial charge on any atom is -0.392 e. The molecule has 1 saturated carbocycles. The summed E-state index contributed by atoms with van der Waals surface area (Å²) in [4.78, 5) is 1.03. The van der Waals surface area contributed by atoms with Crippen molar-refractivity contribution in [2.45, 2.75) is 43.6 Å². The minimum atomic E-state index is -0.229. The van der Waals surface area contributed by atoms with Crippen LogP contribution in [0.15, 0.2) is 29.2 Å². The Labute approximate surface area is 113 Å². The Bertz CT molecular complexity index is 357. The fourth-order valence-electron chi connectivity index (χ4n) is 2.52. The van der Waals surface area contributed by atoms with E-state index in [1.165, 1.54) is 25.0 Å². The molecule has 0 bridgehead atoms. The van der Waals surface area contributed by atoms with E-state index in [1.807, 2.05) is 0 Å². The summed E-state index contributed by atoms with van der Waals surface area (Å²) in [7, 11) is 0. The number of benzene rings is 1. The van der Waals surface area contributed by atoms with Gasteiger partial charge in [0.2, 0.25) is 0 Å². The molecule has 2 rings (SSSR count). The normalized spacial score (nSPS) is 25.9. The van der Waals surface area contributed by atoms with Gasteiger partial charge in [-0.2, -0.15) is 0 Å². The molecular weight excluding hydrogens is 247 g/mol. The van der Waals surface area contributed by atoms with Gasteiger partial charge in [0.05, 0.1) is 6.10 Å². The fourth-order valence-corrected chi connectivity index (χ4v) is 3.48. The summed E-state index contributed by atoms with van der Waals surface area (Å²) in [6.07, 6.45) is 4.54. The SMILES string of the molecule is CC1CCC(C(O)CSc2ccc(F)cc2)CC1. The van der Waals surface area contributed by atoms with Gasteiger partial charge in [-0.1, -0.05) is 19.8 Å². The first-order valence-electron chi connectivity index (χ1n) is 6.71. The Morgan fingerprint density at radius 1 is 1.22 bits per heavy atom. The van der Waals surface area contributed by atoms with Gasteiger partial charge in [-0.05, 0) is 48.9 Å². The molecule has 100 valence electrons. The summed E-state index contributed by atoms with van der Waals surface area (Å²) < 4.78 is 12.8. The zero-order chi connectivity index (χ0) is 13.0. The van der Waals surface area contributed by atoms with E-state index in [4.69, 9.17) is 0 Å². The zero-order valence-electron chi connectivity index (χ0n) is 10.8. The van der Waals surface area contributed by atoms with E-state index < -0.39 is 0 Å². The molecule has 1 unspecified atom stereocenters. The van der Waals surface area contributed by atoms with Crippen molar-refractivity contribution in [2.75, 3.05) is 5.75 Å². The van der Waals surface area contributed by atoms with E-state index in [0.29, 0.717) is 11.7 Å². The Morgan fingerprint density at radius 2 is 1.83 bits per heavy atom. The van der Waals surface area contributed by atoms with Gasteiger partial charge in [-0.3, -0.25) is 0 Å². The third kappa shape index (κ3) is 3.99. The summed E-state index contributed by atoms with van der Waals surface area (Å²) >= 11 is 1.62. The van der Waals surface area contributed by atoms with Crippen molar-refractivity contribution in [3.63, 3.8) is 0 Å². The van der Waals surface area contributed by atoms with Crippen LogP contribution in [-0.2, 0) is 0 Å². The van der Waals surface area contributed by atoms with Gasteiger partial charge in [0.25, 0.3) is 0 Å². The largest absolute Gasteiger partial charge is 0.392 e. The van der Waals surface area contributed by atoms with Crippen LogP contribution in [0.5, 0.6) is 0 Å². The maximum atomic E-state index is 12.8. The molecule has 0 heterocycles. The maximum absolute atomic E-state index is 12.8. The molecule has 1 aliphatic rings. The van der Waals surface area contributed by atoms with Crippen molar-refractivity contribution in [1.82, 2.24) is 0 Å². The van der Waals surface area contributed by atoms with Gasteiger partial charge in [0.1, 0.15) is 5.82 Å². The molecular formula is C15H21FOS. The second-order valence-electron chi connectivity index (χ2n) is 5.35. The summed E-state index contributed by atoms with van der Waals surface area (Å²) in [5, 5.41) is 10.2. The van der Waals surface area contributed by atoms with Gasteiger partial charge in [-0.15, -0.1) is 11.8 Å². The fraction of sp³-hybridized carbons (Fsp3) is 0.600. The van der Waals surface area contributed by atoms with E-state index in [9.17, 15) is 9.50 Å². The minimum absolute atomic E-state index is 0.207. The lowest BCUT2D eigenvalue weighted by atomic mass is 9.81. The molecule has 0 amide bonds. The lowest BCUT2D eigenvalue weighted by Crippen LogP contribution is -2.26.